The van der Waals surface area contributed by atoms with Gasteiger partial charge in [0.2, 0.25) is 5.91 Å². The van der Waals surface area contributed by atoms with E-state index in [4.69, 9.17) is 18.9 Å². The number of hydrogen-bond acceptors (Lipinski definition) is 16. The maximum atomic E-state index is 13.2. The second-order valence-corrected chi connectivity index (χ2v) is 20.7. The number of hydrogen-bond donors (Lipinski definition) is 4. The van der Waals surface area contributed by atoms with E-state index in [-0.39, 0.29) is 54.6 Å². The Kier molecular flexibility index (Phi) is 33.9. The molecule has 0 radical (unpaired) electrons. The van der Waals surface area contributed by atoms with Crippen molar-refractivity contribution in [3.05, 3.63) is 90.6 Å². The highest BCUT2D eigenvalue weighted by Gasteiger charge is 2.44. The van der Waals surface area contributed by atoms with Gasteiger partial charge in [-0.2, -0.15) is 0 Å². The van der Waals surface area contributed by atoms with Crippen molar-refractivity contribution in [1.29, 1.82) is 0 Å². The van der Waals surface area contributed by atoms with E-state index in [0.717, 1.165) is 99.3 Å². The number of nitrogens with one attached hydrogen (secondary N) is 2. The normalized spacial score (nSPS) is 17.4. The van der Waals surface area contributed by atoms with E-state index in [1.807, 2.05) is 69.2 Å². The van der Waals surface area contributed by atoms with E-state index in [1.165, 1.54) is 26.9 Å². The number of benzene rings is 2. The molecule has 0 saturated carbocycles. The summed E-state index contributed by atoms with van der Waals surface area (Å²) in [6.45, 7) is 21.6. The first-order valence-corrected chi connectivity index (χ1v) is 28.0. The summed E-state index contributed by atoms with van der Waals surface area (Å²) < 4.78 is 24.8. The van der Waals surface area contributed by atoms with Gasteiger partial charge >= 0.3 is 29.8 Å². The van der Waals surface area contributed by atoms with Crippen LogP contribution in [0.4, 0.5) is 11.4 Å². The number of aliphatic hydroxyl groups is 2. The molecule has 4 N–H and O–H groups in total. The number of carbonyl (C=O) groups is 7. The fourth-order valence-electron chi connectivity index (χ4n) is 8.57. The fraction of sp³-hybridized carbons (Fsp3) is 0.583. The zero-order valence-electron chi connectivity index (χ0n) is 48.5. The third-order valence-corrected chi connectivity index (χ3v) is 14.6. The maximum Gasteiger partial charge on any atom is 0.303 e. The molecule has 18 heteroatoms. The van der Waals surface area contributed by atoms with E-state index in [9.17, 15) is 43.8 Å². The molecule has 0 bridgehead atoms. The number of thioether (sulfide) groups is 1. The highest BCUT2D eigenvalue weighted by Crippen LogP contribution is 2.51. The van der Waals surface area contributed by atoms with Gasteiger partial charge in [0.15, 0.2) is 12.2 Å². The molecule has 2 aromatic carbocycles. The Labute approximate surface area is 468 Å². The van der Waals surface area contributed by atoms with Crippen molar-refractivity contribution in [3.8, 4) is 0 Å². The van der Waals surface area contributed by atoms with Gasteiger partial charge in [-0.15, -0.1) is 11.8 Å². The largest absolute Gasteiger partial charge is 0.469 e. The molecule has 3 unspecified atom stereocenters. The van der Waals surface area contributed by atoms with Crippen LogP contribution in [-0.4, -0.2) is 123 Å². The number of esters is 5. The monoisotopic (exact) mass is 1110 g/mol. The molecule has 78 heavy (non-hydrogen) atoms. The summed E-state index contributed by atoms with van der Waals surface area (Å²) in [6.07, 6.45) is 9.40. The molecule has 436 valence electrons. The standard InChI is InChI=1S/C43H61N3O11S.C14H24O.C3H6O2/c1-9-11-20-43(10-2)26-58-38-19-18-33(46(7)8)23-34(38)40(41(43)52)31-15-14-16-32(22-31)45-39(51)17-12-13-21-44-42(53)36(56-29(5)49)24-35(55-28(4)48)37(57-30(6)50)25-54-27(3)47;1-5-7-9-11-14(15)13(4)12(3)10-8-6-2;1-3(4)5-2/h14-16,18-19,22-23,35-37,40-41,52H,9-13,17,20-21,24-26H2,1-8H3,(H,44,53)(H,45,51);6,8,10,13-15H,2-3,5,7,9,11H2,1,4H3;1-2H3/b;10-8-;/t35-,36+,37?,40?,41?,43-;13-,14-;/m00./s1. The number of aliphatic hydroxyl groups excluding tert-OH is 2. The molecule has 2 amide bonds. The molecule has 0 aromatic heterocycles. The van der Waals surface area contributed by atoms with Gasteiger partial charge in [-0.1, -0.05) is 103 Å². The molecule has 0 fully saturated rings. The van der Waals surface area contributed by atoms with Gasteiger partial charge in [-0.05, 0) is 79.1 Å². The SMILES string of the molecule is C=C/C=C\C(=C)[C@H](C)[C@@H](O)CCCCC.CCCC[C@@]1(CC)CSc2ccc(N(C)C)cc2C(c2cccc(NC(=O)CCCCNC(=O)[C@@H](C[C@H](OC(C)=O)C(COC(C)=O)OC(C)=O)OC(C)=O)c2)C1O.COC(C)=O. The number of ether oxygens (including phenoxy) is 5. The predicted octanol–water partition coefficient (Wildman–Crippen LogP) is 9.95. The summed E-state index contributed by atoms with van der Waals surface area (Å²) in [4.78, 5) is 86.1. The first-order chi connectivity index (χ1) is 36.9. The smallest absolute Gasteiger partial charge is 0.303 e. The number of nitrogens with zero attached hydrogens (tertiary/aromatic N) is 1. The summed E-state index contributed by atoms with van der Waals surface area (Å²) >= 11 is 1.81. The molecule has 0 saturated heterocycles. The summed E-state index contributed by atoms with van der Waals surface area (Å²) in [5.74, 6) is -3.45. The van der Waals surface area contributed by atoms with Crippen LogP contribution in [0.5, 0.6) is 0 Å². The van der Waals surface area contributed by atoms with Crippen LogP contribution in [-0.2, 0) is 57.2 Å². The Morgan fingerprint density at radius 3 is 2.05 bits per heavy atom. The second-order valence-electron chi connectivity index (χ2n) is 19.7. The second kappa shape index (κ2) is 37.8. The maximum absolute atomic E-state index is 13.2. The first kappa shape index (κ1) is 70.0. The highest BCUT2D eigenvalue weighted by molar-refractivity contribution is 7.99. The minimum atomic E-state index is -1.44. The van der Waals surface area contributed by atoms with Crippen LogP contribution in [0.15, 0.2) is 84.3 Å². The zero-order chi connectivity index (χ0) is 59.0. The number of methoxy groups -OCH3 is 1. The van der Waals surface area contributed by atoms with Gasteiger partial charge in [-0.25, -0.2) is 0 Å². The van der Waals surface area contributed by atoms with Gasteiger partial charge in [0.05, 0.1) is 19.3 Å². The molecule has 8 atom stereocenters. The molecule has 0 spiro atoms. The topological polar surface area (TPSA) is 233 Å². The van der Waals surface area contributed by atoms with E-state index in [0.29, 0.717) is 18.5 Å². The number of allylic oxidation sites excluding steroid dienone is 3. The van der Waals surface area contributed by atoms with Crippen LogP contribution in [0.3, 0.4) is 0 Å². The highest BCUT2D eigenvalue weighted by atomic mass is 32.2. The van der Waals surface area contributed by atoms with E-state index < -0.39 is 60.8 Å². The number of fused-ring (bicyclic) bond motifs is 1. The number of anilines is 2. The lowest BCUT2D eigenvalue weighted by Crippen LogP contribution is -2.45. The Morgan fingerprint density at radius 1 is 0.846 bits per heavy atom. The lowest BCUT2D eigenvalue weighted by molar-refractivity contribution is -0.178. The molecule has 1 aliphatic rings. The molecule has 17 nitrogen and oxygen atoms in total. The third-order valence-electron chi connectivity index (χ3n) is 13.2. The summed E-state index contributed by atoms with van der Waals surface area (Å²) in [5, 5.41) is 27.9. The van der Waals surface area contributed by atoms with E-state index in [1.54, 1.807) is 6.08 Å². The third kappa shape index (κ3) is 26.1. The lowest BCUT2D eigenvalue weighted by atomic mass is 9.69. The van der Waals surface area contributed by atoms with Crippen LogP contribution >= 0.6 is 11.8 Å². The zero-order valence-corrected chi connectivity index (χ0v) is 49.3. The van der Waals surface area contributed by atoms with Crippen LogP contribution in [0, 0.1) is 11.3 Å². The van der Waals surface area contributed by atoms with Crippen molar-refractivity contribution in [2.45, 2.75) is 181 Å². The van der Waals surface area contributed by atoms with Crippen LogP contribution in [0.1, 0.15) is 156 Å². The molecular weight excluding hydrogens is 1020 g/mol. The Hall–Kier alpha value is -5.98. The fourth-order valence-corrected chi connectivity index (χ4v) is 10.0. The van der Waals surface area contributed by atoms with Gasteiger partial charge in [0.25, 0.3) is 5.91 Å². The van der Waals surface area contributed by atoms with E-state index >= 15 is 0 Å². The van der Waals surface area contributed by atoms with Crippen molar-refractivity contribution in [3.63, 3.8) is 0 Å². The molecule has 2 aromatic rings. The quantitative estimate of drug-likeness (QED) is 0.0257. The molecule has 1 heterocycles. The van der Waals surface area contributed by atoms with Crippen LogP contribution in [0.2, 0.25) is 0 Å². The predicted molar refractivity (Wildman–Crippen MR) is 307 cm³/mol. The van der Waals surface area contributed by atoms with Gasteiger partial charge in [-0.3, -0.25) is 33.6 Å². The van der Waals surface area contributed by atoms with Gasteiger partial charge < -0.3 is 49.4 Å². The number of carbonyl (C=O) groups excluding carboxylic acids is 7. The van der Waals surface area contributed by atoms with E-state index in [2.05, 4.69) is 72.4 Å². The van der Waals surface area contributed by atoms with Crippen molar-refractivity contribution in [2.24, 2.45) is 11.3 Å². The lowest BCUT2D eigenvalue weighted by Gasteiger charge is -2.40. The first-order valence-electron chi connectivity index (χ1n) is 27.1. The molecule has 1 aliphatic heterocycles. The summed E-state index contributed by atoms with van der Waals surface area (Å²) in [6, 6.07) is 14.1. The van der Waals surface area contributed by atoms with Crippen molar-refractivity contribution in [2.75, 3.05) is 50.3 Å². The number of amides is 2. The van der Waals surface area contributed by atoms with Crippen molar-refractivity contribution in [1.82, 2.24) is 5.32 Å². The summed E-state index contributed by atoms with van der Waals surface area (Å²) in [5.41, 5.74) is 4.35. The minimum absolute atomic E-state index is 0.137. The van der Waals surface area contributed by atoms with Gasteiger partial charge in [0, 0.05) is 107 Å². The van der Waals surface area contributed by atoms with Gasteiger partial charge in [0.1, 0.15) is 12.7 Å². The molecule has 0 aliphatic carbocycles. The average molecular weight is 1110 g/mol. The average Bonchev–Trinajstić information content (AvgIpc) is 3.57. The molecular formula is C60H91N3O14S. The Balaban J connectivity index is 0.00000128. The number of unbranched alkanes of at least 4 members (excludes halogenated alkanes) is 4. The van der Waals surface area contributed by atoms with Crippen molar-refractivity contribution >= 4 is 64.8 Å². The van der Waals surface area contributed by atoms with Crippen LogP contribution in [0.25, 0.3) is 0 Å². The Bertz CT molecular complexity index is 2270. The van der Waals surface area contributed by atoms with Crippen LogP contribution < -0.4 is 15.5 Å². The Morgan fingerprint density at radius 2 is 1.49 bits per heavy atom. The van der Waals surface area contributed by atoms with Crippen molar-refractivity contribution < 1.29 is 67.5 Å². The minimum Gasteiger partial charge on any atom is -0.469 e. The summed E-state index contributed by atoms with van der Waals surface area (Å²) in [7, 11) is 5.35. The number of rotatable bonds is 29. The molecule has 3 rings (SSSR count).